The molecule has 0 radical (unpaired) electrons. The van der Waals surface area contributed by atoms with Gasteiger partial charge in [-0.3, -0.25) is 14.6 Å². The number of nitrogens with one attached hydrogen (secondary N) is 1. The van der Waals surface area contributed by atoms with Crippen molar-refractivity contribution < 1.29 is 22.4 Å². The normalized spacial score (nSPS) is 20.8. The van der Waals surface area contributed by atoms with E-state index < -0.39 is 27.9 Å². The van der Waals surface area contributed by atoms with Crippen LogP contribution in [-0.4, -0.2) is 79.8 Å². The van der Waals surface area contributed by atoms with E-state index in [2.05, 4.69) is 5.32 Å². The summed E-state index contributed by atoms with van der Waals surface area (Å²) in [5.41, 5.74) is 0. The predicted molar refractivity (Wildman–Crippen MR) is 91.3 cm³/mol. The number of halogens is 1. The van der Waals surface area contributed by atoms with Crippen LogP contribution in [0.5, 0.6) is 0 Å². The van der Waals surface area contributed by atoms with Gasteiger partial charge < -0.3 is 5.32 Å². The van der Waals surface area contributed by atoms with Crippen LogP contribution < -0.4 is 5.32 Å². The van der Waals surface area contributed by atoms with Crippen molar-refractivity contribution in [2.75, 3.05) is 39.3 Å². The monoisotopic (exact) mass is 384 g/mol. The molecule has 0 spiro atoms. The number of amides is 3. The fourth-order valence-corrected chi connectivity index (χ4v) is 4.63. The van der Waals surface area contributed by atoms with Crippen LogP contribution in [0.15, 0.2) is 29.2 Å². The van der Waals surface area contributed by atoms with Crippen molar-refractivity contribution in [3.05, 3.63) is 30.1 Å². The summed E-state index contributed by atoms with van der Waals surface area (Å²) in [7, 11) is -3.77. The van der Waals surface area contributed by atoms with Gasteiger partial charge in [0.25, 0.3) is 0 Å². The third kappa shape index (κ3) is 3.57. The van der Waals surface area contributed by atoms with E-state index in [0.717, 1.165) is 6.07 Å². The van der Waals surface area contributed by atoms with Gasteiger partial charge in [-0.15, -0.1) is 0 Å². The van der Waals surface area contributed by atoms with Crippen LogP contribution in [0.2, 0.25) is 0 Å². The number of sulfonamides is 1. The third-order valence-corrected chi connectivity index (χ3v) is 6.63. The molecule has 0 saturated carbocycles. The zero-order valence-corrected chi connectivity index (χ0v) is 15.2. The standard InChI is InChI=1S/C16H21FN4O4S/c1-12(15(22)21-6-5-18-16(21)23)19-7-9-20(10-8-19)26(24,25)14-4-2-3-13(17)11-14/h2-4,11-12H,5-10H2,1H3,(H,18,23)/t12-/m0/s1. The lowest BCUT2D eigenvalue weighted by atomic mass is 10.2. The first kappa shape index (κ1) is 18.7. The van der Waals surface area contributed by atoms with E-state index in [0.29, 0.717) is 26.2 Å². The highest BCUT2D eigenvalue weighted by Crippen LogP contribution is 2.19. The minimum atomic E-state index is -3.77. The topological polar surface area (TPSA) is 90.0 Å². The van der Waals surface area contributed by atoms with Crippen LogP contribution >= 0.6 is 0 Å². The first-order valence-corrected chi connectivity index (χ1v) is 9.83. The Morgan fingerprint density at radius 2 is 1.88 bits per heavy atom. The maximum Gasteiger partial charge on any atom is 0.324 e. The molecule has 1 aromatic rings. The highest BCUT2D eigenvalue weighted by atomic mass is 32.2. The molecule has 0 unspecified atom stereocenters. The molecular formula is C16H21FN4O4S. The van der Waals surface area contributed by atoms with Crippen molar-refractivity contribution in [2.24, 2.45) is 0 Å². The van der Waals surface area contributed by atoms with Gasteiger partial charge in [0.2, 0.25) is 15.9 Å². The van der Waals surface area contributed by atoms with Gasteiger partial charge in [-0.05, 0) is 25.1 Å². The first-order chi connectivity index (χ1) is 12.3. The van der Waals surface area contributed by atoms with Crippen molar-refractivity contribution in [1.29, 1.82) is 0 Å². The average Bonchev–Trinajstić information content (AvgIpc) is 3.06. The number of hydrogen-bond acceptors (Lipinski definition) is 5. The molecule has 2 saturated heterocycles. The maximum absolute atomic E-state index is 13.3. The zero-order chi connectivity index (χ0) is 18.9. The fraction of sp³-hybridized carbons (Fsp3) is 0.500. The number of hydrogen-bond donors (Lipinski definition) is 1. The van der Waals surface area contributed by atoms with E-state index in [9.17, 15) is 22.4 Å². The van der Waals surface area contributed by atoms with Gasteiger partial charge in [0.15, 0.2) is 0 Å². The lowest BCUT2D eigenvalue weighted by molar-refractivity contribution is -0.133. The van der Waals surface area contributed by atoms with Gasteiger partial charge in [0, 0.05) is 39.3 Å². The molecule has 26 heavy (non-hydrogen) atoms. The van der Waals surface area contributed by atoms with Gasteiger partial charge in [0.05, 0.1) is 10.9 Å². The summed E-state index contributed by atoms with van der Waals surface area (Å²) in [5.74, 6) is -0.894. The van der Waals surface area contributed by atoms with Crippen LogP contribution in [0.3, 0.4) is 0 Å². The van der Waals surface area contributed by atoms with E-state index in [-0.39, 0.29) is 23.9 Å². The quantitative estimate of drug-likeness (QED) is 0.794. The Balaban J connectivity index is 1.63. The van der Waals surface area contributed by atoms with Crippen molar-refractivity contribution in [3.63, 3.8) is 0 Å². The van der Waals surface area contributed by atoms with Crippen molar-refractivity contribution >= 4 is 22.0 Å². The van der Waals surface area contributed by atoms with Crippen LogP contribution in [0.1, 0.15) is 6.92 Å². The Hall–Kier alpha value is -2.04. The van der Waals surface area contributed by atoms with Crippen molar-refractivity contribution in [1.82, 2.24) is 19.4 Å². The SMILES string of the molecule is C[C@@H](C(=O)N1CCNC1=O)N1CCN(S(=O)(=O)c2cccc(F)c2)CC1. The van der Waals surface area contributed by atoms with Gasteiger partial charge in [0.1, 0.15) is 5.82 Å². The maximum atomic E-state index is 13.3. The molecule has 0 aliphatic carbocycles. The number of piperazine rings is 1. The number of nitrogens with zero attached hydrogens (tertiary/aromatic N) is 3. The smallest absolute Gasteiger partial charge is 0.324 e. The minimum absolute atomic E-state index is 0.0798. The van der Waals surface area contributed by atoms with E-state index in [4.69, 9.17) is 0 Å². The number of carbonyl (C=O) groups is 2. The molecule has 10 heteroatoms. The summed E-state index contributed by atoms with van der Waals surface area (Å²) < 4.78 is 39.9. The van der Waals surface area contributed by atoms with Gasteiger partial charge in [-0.25, -0.2) is 17.6 Å². The van der Waals surface area contributed by atoms with Gasteiger partial charge in [-0.1, -0.05) is 6.07 Å². The van der Waals surface area contributed by atoms with Crippen LogP contribution in [-0.2, 0) is 14.8 Å². The Kier molecular flexibility index (Phi) is 5.26. The molecule has 2 fully saturated rings. The second kappa shape index (κ2) is 7.29. The summed E-state index contributed by atoms with van der Waals surface area (Å²) in [5, 5.41) is 2.59. The van der Waals surface area contributed by atoms with E-state index in [1.54, 1.807) is 6.92 Å². The minimum Gasteiger partial charge on any atom is -0.336 e. The largest absolute Gasteiger partial charge is 0.336 e. The van der Waals surface area contributed by atoms with Crippen molar-refractivity contribution in [3.8, 4) is 0 Å². The number of urea groups is 1. The molecule has 0 aromatic heterocycles. The Morgan fingerprint density at radius 1 is 1.19 bits per heavy atom. The summed E-state index contributed by atoms with van der Waals surface area (Å²) >= 11 is 0. The molecule has 0 bridgehead atoms. The lowest BCUT2D eigenvalue weighted by Gasteiger charge is -2.37. The van der Waals surface area contributed by atoms with Crippen LogP contribution in [0.4, 0.5) is 9.18 Å². The third-order valence-electron chi connectivity index (χ3n) is 4.74. The van der Waals surface area contributed by atoms with Crippen LogP contribution in [0, 0.1) is 5.82 Å². The van der Waals surface area contributed by atoms with E-state index in [1.165, 1.54) is 27.4 Å². The first-order valence-electron chi connectivity index (χ1n) is 8.39. The summed E-state index contributed by atoms with van der Waals surface area (Å²) in [4.78, 5) is 27.0. The highest BCUT2D eigenvalue weighted by Gasteiger charge is 2.36. The second-order valence-electron chi connectivity index (χ2n) is 6.30. The van der Waals surface area contributed by atoms with Crippen LogP contribution in [0.25, 0.3) is 0 Å². The van der Waals surface area contributed by atoms with E-state index in [1.807, 2.05) is 4.90 Å². The lowest BCUT2D eigenvalue weighted by Crippen LogP contribution is -2.55. The predicted octanol–water partition coefficient (Wildman–Crippen LogP) is 0.0723. The van der Waals surface area contributed by atoms with Crippen molar-refractivity contribution in [2.45, 2.75) is 17.9 Å². The summed E-state index contributed by atoms with van der Waals surface area (Å²) in [6.07, 6.45) is 0. The Labute approximate surface area is 151 Å². The second-order valence-corrected chi connectivity index (χ2v) is 8.23. The Morgan fingerprint density at radius 3 is 2.46 bits per heavy atom. The van der Waals surface area contributed by atoms with E-state index >= 15 is 0 Å². The molecule has 3 amide bonds. The molecule has 3 rings (SSSR count). The number of rotatable bonds is 4. The molecule has 1 atom stereocenters. The molecule has 1 aromatic carbocycles. The molecule has 1 N–H and O–H groups in total. The number of imide groups is 1. The average molecular weight is 384 g/mol. The van der Waals surface area contributed by atoms with Gasteiger partial charge >= 0.3 is 6.03 Å². The zero-order valence-electron chi connectivity index (χ0n) is 14.4. The molecule has 8 nitrogen and oxygen atoms in total. The molecule has 2 aliphatic heterocycles. The summed E-state index contributed by atoms with van der Waals surface area (Å²) in [6, 6.07) is 4.01. The highest BCUT2D eigenvalue weighted by molar-refractivity contribution is 7.89. The number of benzene rings is 1. The molecule has 2 heterocycles. The summed E-state index contributed by atoms with van der Waals surface area (Å²) in [6.45, 7) is 3.61. The molecular weight excluding hydrogens is 363 g/mol. The fourth-order valence-electron chi connectivity index (χ4n) is 3.17. The Bertz CT molecular complexity index is 808. The number of carbonyl (C=O) groups excluding carboxylic acids is 2. The molecule has 142 valence electrons. The molecule has 2 aliphatic rings. The van der Waals surface area contributed by atoms with Gasteiger partial charge in [-0.2, -0.15) is 4.31 Å².